The highest BCUT2D eigenvalue weighted by molar-refractivity contribution is 5.82. The molecule has 0 saturated heterocycles. The molecule has 0 saturated carbocycles. The van der Waals surface area contributed by atoms with Gasteiger partial charge in [-0.15, -0.1) is 5.10 Å². The first-order chi connectivity index (χ1) is 13.2. The van der Waals surface area contributed by atoms with E-state index in [9.17, 15) is 5.11 Å². The van der Waals surface area contributed by atoms with Crippen molar-refractivity contribution >= 4 is 10.9 Å². The highest BCUT2D eigenvalue weighted by Crippen LogP contribution is 2.25. The van der Waals surface area contributed by atoms with Gasteiger partial charge in [-0.25, -0.2) is 9.67 Å². The molecule has 0 amide bonds. The van der Waals surface area contributed by atoms with Gasteiger partial charge in [0, 0.05) is 12.5 Å². The minimum atomic E-state index is 0.140. The van der Waals surface area contributed by atoms with Crippen molar-refractivity contribution in [3.63, 3.8) is 0 Å². The zero-order valence-corrected chi connectivity index (χ0v) is 14.7. The maximum absolute atomic E-state index is 9.96. The number of aromatic hydroxyl groups is 1. The van der Waals surface area contributed by atoms with Crippen LogP contribution in [0.2, 0.25) is 0 Å². The van der Waals surface area contributed by atoms with Gasteiger partial charge in [0.2, 0.25) is 0 Å². The summed E-state index contributed by atoms with van der Waals surface area (Å²) in [4.78, 5) is 4.65. The highest BCUT2D eigenvalue weighted by Gasteiger charge is 2.10. The van der Waals surface area contributed by atoms with Crippen molar-refractivity contribution in [1.82, 2.24) is 20.0 Å². The Labute approximate surface area is 155 Å². The van der Waals surface area contributed by atoms with Gasteiger partial charge in [-0.05, 0) is 36.4 Å². The normalized spacial score (nSPS) is 11.0. The predicted molar refractivity (Wildman–Crippen MR) is 101 cm³/mol. The maximum atomic E-state index is 9.96. The molecule has 2 heterocycles. The molecule has 27 heavy (non-hydrogen) atoms. The first-order valence-corrected chi connectivity index (χ1v) is 8.48. The Morgan fingerprint density at radius 2 is 1.89 bits per heavy atom. The van der Waals surface area contributed by atoms with Crippen LogP contribution in [0.25, 0.3) is 28.0 Å². The average Bonchev–Trinajstić information content (AvgIpc) is 3.18. The minimum Gasteiger partial charge on any atom is -0.506 e. The van der Waals surface area contributed by atoms with Gasteiger partial charge in [0.15, 0.2) is 0 Å². The second-order valence-electron chi connectivity index (χ2n) is 5.93. The van der Waals surface area contributed by atoms with E-state index >= 15 is 0 Å². The van der Waals surface area contributed by atoms with Crippen LogP contribution in [0.15, 0.2) is 60.8 Å². The summed E-state index contributed by atoms with van der Waals surface area (Å²) in [6.07, 6.45) is 1.74. The second kappa shape index (κ2) is 7.43. The van der Waals surface area contributed by atoms with Crippen LogP contribution >= 0.6 is 0 Å². The van der Waals surface area contributed by atoms with Crippen molar-refractivity contribution in [2.24, 2.45) is 0 Å². The van der Waals surface area contributed by atoms with E-state index in [0.29, 0.717) is 30.3 Å². The first-order valence-electron chi connectivity index (χ1n) is 8.48. The molecular formula is C20H18N4O3. The lowest BCUT2D eigenvalue weighted by molar-refractivity contribution is 0.146. The summed E-state index contributed by atoms with van der Waals surface area (Å²) < 4.78 is 12.2. The van der Waals surface area contributed by atoms with Crippen molar-refractivity contribution < 1.29 is 14.6 Å². The summed E-state index contributed by atoms with van der Waals surface area (Å²) in [7, 11) is 1.64. The van der Waals surface area contributed by atoms with Crippen molar-refractivity contribution in [3.05, 3.63) is 60.8 Å². The molecule has 0 spiro atoms. The van der Waals surface area contributed by atoms with E-state index < -0.39 is 0 Å². The summed E-state index contributed by atoms with van der Waals surface area (Å²) in [6, 6.07) is 16.6. The highest BCUT2D eigenvalue weighted by atomic mass is 16.5. The Morgan fingerprint density at radius 1 is 1.00 bits per heavy atom. The van der Waals surface area contributed by atoms with E-state index in [4.69, 9.17) is 9.47 Å². The van der Waals surface area contributed by atoms with Crippen molar-refractivity contribution in [2.75, 3.05) is 20.3 Å². The Bertz CT molecular complexity index is 1080. The van der Waals surface area contributed by atoms with Crippen LogP contribution in [-0.4, -0.2) is 45.4 Å². The number of benzene rings is 2. The zero-order chi connectivity index (χ0) is 18.6. The minimum absolute atomic E-state index is 0.140. The van der Waals surface area contributed by atoms with Gasteiger partial charge in [-0.2, -0.15) is 0 Å². The van der Waals surface area contributed by atoms with Gasteiger partial charge in [-0.3, -0.25) is 0 Å². The third-order valence-electron chi connectivity index (χ3n) is 4.10. The molecule has 0 atom stereocenters. The van der Waals surface area contributed by atoms with Crippen LogP contribution in [0.5, 0.6) is 11.5 Å². The fraction of sp³-hybridized carbons (Fsp3) is 0.150. The Morgan fingerprint density at radius 3 is 2.74 bits per heavy atom. The molecule has 0 aliphatic heterocycles. The Balaban J connectivity index is 1.61. The van der Waals surface area contributed by atoms with Crippen LogP contribution in [0, 0.1) is 0 Å². The summed E-state index contributed by atoms with van der Waals surface area (Å²) in [5.74, 6) is 0.918. The van der Waals surface area contributed by atoms with Crippen molar-refractivity contribution in [1.29, 1.82) is 0 Å². The molecule has 0 aliphatic carbocycles. The Hall–Kier alpha value is -3.45. The number of aromatic nitrogens is 4. The molecule has 7 heteroatoms. The standard InChI is InChI=1S/C20H18N4O3/c1-26-10-11-27-15-7-9-16-14(12-15)6-8-17(21-16)18-13-24(23-22-18)19-4-2-3-5-20(19)25/h2-9,12-13,25H,10-11H2,1H3. The molecule has 4 aromatic rings. The molecule has 1 N–H and O–H groups in total. The maximum Gasteiger partial charge on any atom is 0.141 e. The third kappa shape index (κ3) is 3.58. The van der Waals surface area contributed by atoms with Gasteiger partial charge in [0.25, 0.3) is 0 Å². The van der Waals surface area contributed by atoms with E-state index in [2.05, 4.69) is 15.3 Å². The number of para-hydroxylation sites is 2. The average molecular weight is 362 g/mol. The summed E-state index contributed by atoms with van der Waals surface area (Å²) in [6.45, 7) is 1.05. The smallest absolute Gasteiger partial charge is 0.141 e. The molecule has 7 nitrogen and oxygen atoms in total. The number of fused-ring (bicyclic) bond motifs is 1. The molecule has 0 aliphatic rings. The van der Waals surface area contributed by atoms with Gasteiger partial charge in [0.1, 0.15) is 29.5 Å². The number of pyridine rings is 1. The molecular weight excluding hydrogens is 344 g/mol. The van der Waals surface area contributed by atoms with Crippen LogP contribution in [0.1, 0.15) is 0 Å². The number of rotatable bonds is 6. The number of methoxy groups -OCH3 is 1. The van der Waals surface area contributed by atoms with Crippen LogP contribution in [0.3, 0.4) is 0 Å². The number of hydrogen-bond acceptors (Lipinski definition) is 6. The molecule has 0 fully saturated rings. The van der Waals surface area contributed by atoms with Gasteiger partial charge in [0.05, 0.1) is 24.0 Å². The van der Waals surface area contributed by atoms with Gasteiger partial charge in [-0.1, -0.05) is 23.4 Å². The lowest BCUT2D eigenvalue weighted by Gasteiger charge is -2.07. The van der Waals surface area contributed by atoms with Gasteiger partial charge >= 0.3 is 0 Å². The van der Waals surface area contributed by atoms with E-state index in [0.717, 1.165) is 16.7 Å². The summed E-state index contributed by atoms with van der Waals surface area (Å²) in [5, 5.41) is 19.2. The van der Waals surface area contributed by atoms with E-state index in [1.807, 2.05) is 36.4 Å². The first kappa shape index (κ1) is 17.0. The van der Waals surface area contributed by atoms with E-state index in [1.54, 1.807) is 31.5 Å². The fourth-order valence-corrected chi connectivity index (χ4v) is 2.74. The number of nitrogens with zero attached hydrogens (tertiary/aromatic N) is 4. The number of phenols is 1. The topological polar surface area (TPSA) is 82.3 Å². The summed E-state index contributed by atoms with van der Waals surface area (Å²) in [5.41, 5.74) is 2.73. The lowest BCUT2D eigenvalue weighted by Crippen LogP contribution is -2.04. The second-order valence-corrected chi connectivity index (χ2v) is 5.93. The quantitative estimate of drug-likeness (QED) is 0.530. The van der Waals surface area contributed by atoms with Gasteiger partial charge < -0.3 is 14.6 Å². The van der Waals surface area contributed by atoms with Crippen LogP contribution in [0.4, 0.5) is 0 Å². The van der Waals surface area contributed by atoms with Crippen molar-refractivity contribution in [3.8, 4) is 28.6 Å². The largest absolute Gasteiger partial charge is 0.506 e. The molecule has 0 unspecified atom stereocenters. The van der Waals surface area contributed by atoms with E-state index in [-0.39, 0.29) is 5.75 Å². The fourth-order valence-electron chi connectivity index (χ4n) is 2.74. The molecule has 0 bridgehead atoms. The number of hydrogen-bond donors (Lipinski definition) is 1. The number of ether oxygens (including phenoxy) is 2. The SMILES string of the molecule is COCCOc1ccc2nc(-c3cn(-c4ccccc4O)nn3)ccc2c1. The molecule has 4 rings (SSSR count). The molecule has 136 valence electrons. The predicted octanol–water partition coefficient (Wildman–Crippen LogP) is 3.21. The lowest BCUT2D eigenvalue weighted by atomic mass is 10.2. The van der Waals surface area contributed by atoms with Crippen LogP contribution in [-0.2, 0) is 4.74 Å². The zero-order valence-electron chi connectivity index (χ0n) is 14.7. The van der Waals surface area contributed by atoms with E-state index in [1.165, 1.54) is 4.68 Å². The monoisotopic (exact) mass is 362 g/mol. The molecule has 2 aromatic heterocycles. The number of phenolic OH excluding ortho intramolecular Hbond substituents is 1. The summed E-state index contributed by atoms with van der Waals surface area (Å²) >= 11 is 0. The molecule has 0 radical (unpaired) electrons. The Kier molecular flexibility index (Phi) is 4.67. The third-order valence-corrected chi connectivity index (χ3v) is 4.10. The molecule has 2 aromatic carbocycles. The van der Waals surface area contributed by atoms with Crippen molar-refractivity contribution in [2.45, 2.75) is 0 Å². The van der Waals surface area contributed by atoms with Crippen LogP contribution < -0.4 is 4.74 Å².